The molecule has 0 aromatic rings. The molecule has 0 saturated carbocycles. The molecule has 0 spiro atoms. The highest BCUT2D eigenvalue weighted by molar-refractivity contribution is 4.73. The van der Waals surface area contributed by atoms with Crippen molar-refractivity contribution in [1.29, 1.82) is 0 Å². The lowest BCUT2D eigenvalue weighted by Gasteiger charge is -2.29. The minimum Gasteiger partial charge on any atom is -0.396 e. The van der Waals surface area contributed by atoms with E-state index < -0.39 is 0 Å². The monoisotopic (exact) mass is 231 g/mol. The maximum absolute atomic E-state index is 9.37. The zero-order chi connectivity index (χ0) is 11.6. The molecule has 2 unspecified atom stereocenters. The average molecular weight is 231 g/mol. The Hall–Kier alpha value is -0.160. The van der Waals surface area contributed by atoms with Crippen molar-refractivity contribution in [2.75, 3.05) is 46.6 Å². The Morgan fingerprint density at radius 3 is 3.00 bits per heavy atom. The summed E-state index contributed by atoms with van der Waals surface area (Å²) >= 11 is 0. The van der Waals surface area contributed by atoms with Crippen molar-refractivity contribution in [2.24, 2.45) is 11.8 Å². The van der Waals surface area contributed by atoms with Crippen LogP contribution in [0.15, 0.2) is 0 Å². The first-order valence-corrected chi connectivity index (χ1v) is 6.26. The highest BCUT2D eigenvalue weighted by Gasteiger charge is 2.22. The maximum atomic E-state index is 9.37. The van der Waals surface area contributed by atoms with Crippen LogP contribution in [0.25, 0.3) is 0 Å². The Labute approximate surface area is 98.3 Å². The van der Waals surface area contributed by atoms with Gasteiger partial charge in [-0.1, -0.05) is 0 Å². The van der Waals surface area contributed by atoms with Gasteiger partial charge in [0.2, 0.25) is 0 Å². The van der Waals surface area contributed by atoms with Crippen LogP contribution in [0.3, 0.4) is 0 Å². The van der Waals surface area contributed by atoms with E-state index in [1.165, 1.54) is 6.42 Å². The van der Waals surface area contributed by atoms with Gasteiger partial charge in [0.1, 0.15) is 0 Å². The topological polar surface area (TPSA) is 50.7 Å². The third kappa shape index (κ3) is 5.25. The smallest absolute Gasteiger partial charge is 0.0587 e. The van der Waals surface area contributed by atoms with E-state index in [0.29, 0.717) is 11.8 Å². The van der Waals surface area contributed by atoms with Gasteiger partial charge in [0.25, 0.3) is 0 Å². The molecule has 0 aliphatic carbocycles. The summed E-state index contributed by atoms with van der Waals surface area (Å²) in [6.45, 7) is 4.57. The van der Waals surface area contributed by atoms with Crippen LogP contribution in [-0.4, -0.2) is 51.7 Å². The molecule has 1 aliphatic heterocycles. The summed E-state index contributed by atoms with van der Waals surface area (Å²) in [7, 11) is 1.71. The molecule has 96 valence electrons. The summed E-state index contributed by atoms with van der Waals surface area (Å²) in [5.74, 6) is 0.929. The van der Waals surface area contributed by atoms with Gasteiger partial charge in [-0.25, -0.2) is 0 Å². The SMILES string of the molecule is COCCNCCC(CO)C1CCCOC1. The van der Waals surface area contributed by atoms with E-state index in [9.17, 15) is 5.11 Å². The molecular formula is C12H25NO3. The fourth-order valence-electron chi connectivity index (χ4n) is 2.20. The van der Waals surface area contributed by atoms with Crippen molar-refractivity contribution in [2.45, 2.75) is 19.3 Å². The van der Waals surface area contributed by atoms with Crippen LogP contribution in [0.2, 0.25) is 0 Å². The molecule has 0 amide bonds. The number of nitrogens with one attached hydrogen (secondary N) is 1. The summed E-state index contributed by atoms with van der Waals surface area (Å²) in [5.41, 5.74) is 0. The molecule has 1 heterocycles. The molecule has 1 fully saturated rings. The zero-order valence-electron chi connectivity index (χ0n) is 10.3. The Morgan fingerprint density at radius 2 is 2.38 bits per heavy atom. The molecule has 1 aliphatic rings. The van der Waals surface area contributed by atoms with Gasteiger partial charge in [-0.2, -0.15) is 0 Å². The van der Waals surface area contributed by atoms with Crippen LogP contribution in [0.1, 0.15) is 19.3 Å². The lowest BCUT2D eigenvalue weighted by atomic mass is 9.86. The van der Waals surface area contributed by atoms with Gasteiger partial charge >= 0.3 is 0 Å². The van der Waals surface area contributed by atoms with E-state index in [2.05, 4.69) is 5.32 Å². The molecule has 16 heavy (non-hydrogen) atoms. The van der Waals surface area contributed by atoms with Crippen LogP contribution < -0.4 is 5.32 Å². The lowest BCUT2D eigenvalue weighted by Crippen LogP contribution is -2.31. The zero-order valence-corrected chi connectivity index (χ0v) is 10.3. The van der Waals surface area contributed by atoms with Crippen molar-refractivity contribution >= 4 is 0 Å². The van der Waals surface area contributed by atoms with Crippen LogP contribution >= 0.6 is 0 Å². The second kappa shape index (κ2) is 8.93. The molecule has 2 N–H and O–H groups in total. The van der Waals surface area contributed by atoms with Crippen molar-refractivity contribution < 1.29 is 14.6 Å². The number of aliphatic hydroxyl groups excluding tert-OH is 1. The lowest BCUT2D eigenvalue weighted by molar-refractivity contribution is 0.0142. The minimum atomic E-state index is 0.278. The summed E-state index contributed by atoms with van der Waals surface area (Å²) in [4.78, 5) is 0. The molecule has 0 bridgehead atoms. The van der Waals surface area contributed by atoms with Gasteiger partial charge in [-0.05, 0) is 37.6 Å². The molecule has 0 aromatic carbocycles. The fourth-order valence-corrected chi connectivity index (χ4v) is 2.20. The Bertz CT molecular complexity index is 160. The van der Waals surface area contributed by atoms with E-state index >= 15 is 0 Å². The maximum Gasteiger partial charge on any atom is 0.0587 e. The molecular weight excluding hydrogens is 206 g/mol. The van der Waals surface area contributed by atoms with Crippen LogP contribution in [0, 0.1) is 11.8 Å². The van der Waals surface area contributed by atoms with Crippen molar-refractivity contribution in [3.8, 4) is 0 Å². The molecule has 4 heteroatoms. The Kier molecular flexibility index (Phi) is 7.76. The quantitative estimate of drug-likeness (QED) is 0.602. The third-order valence-electron chi connectivity index (χ3n) is 3.27. The Morgan fingerprint density at radius 1 is 1.50 bits per heavy atom. The first-order valence-electron chi connectivity index (χ1n) is 6.26. The molecule has 2 atom stereocenters. The van der Waals surface area contributed by atoms with Crippen molar-refractivity contribution in [1.82, 2.24) is 5.32 Å². The van der Waals surface area contributed by atoms with Gasteiger partial charge in [0.15, 0.2) is 0 Å². The van der Waals surface area contributed by atoms with E-state index in [1.54, 1.807) is 7.11 Å². The molecule has 0 radical (unpaired) electrons. The van der Waals surface area contributed by atoms with Gasteiger partial charge in [-0.15, -0.1) is 0 Å². The normalized spacial score (nSPS) is 23.2. The highest BCUT2D eigenvalue weighted by Crippen LogP contribution is 2.24. The molecule has 0 aromatic heterocycles. The largest absolute Gasteiger partial charge is 0.396 e. The van der Waals surface area contributed by atoms with Crippen molar-refractivity contribution in [3.05, 3.63) is 0 Å². The third-order valence-corrected chi connectivity index (χ3v) is 3.27. The number of rotatable bonds is 8. The fraction of sp³-hybridized carbons (Fsp3) is 1.00. The van der Waals surface area contributed by atoms with E-state index in [-0.39, 0.29) is 6.61 Å². The minimum absolute atomic E-state index is 0.278. The predicted molar refractivity (Wildman–Crippen MR) is 63.5 cm³/mol. The number of hydrogen-bond donors (Lipinski definition) is 2. The number of methoxy groups -OCH3 is 1. The molecule has 1 saturated heterocycles. The molecule has 4 nitrogen and oxygen atoms in total. The van der Waals surface area contributed by atoms with Gasteiger partial charge in [-0.3, -0.25) is 0 Å². The molecule has 1 rings (SSSR count). The van der Waals surface area contributed by atoms with Gasteiger partial charge in [0, 0.05) is 33.5 Å². The summed E-state index contributed by atoms with van der Waals surface area (Å²) in [5, 5.41) is 12.7. The van der Waals surface area contributed by atoms with Crippen LogP contribution in [0.4, 0.5) is 0 Å². The summed E-state index contributed by atoms with van der Waals surface area (Å²) in [6.07, 6.45) is 3.36. The summed E-state index contributed by atoms with van der Waals surface area (Å²) < 4.78 is 10.4. The second-order valence-electron chi connectivity index (χ2n) is 4.45. The van der Waals surface area contributed by atoms with Crippen LogP contribution in [0.5, 0.6) is 0 Å². The van der Waals surface area contributed by atoms with Gasteiger partial charge < -0.3 is 19.9 Å². The first kappa shape index (κ1) is 13.9. The van der Waals surface area contributed by atoms with E-state index in [4.69, 9.17) is 9.47 Å². The van der Waals surface area contributed by atoms with E-state index in [1.807, 2.05) is 0 Å². The predicted octanol–water partition coefficient (Wildman–Crippen LogP) is 0.648. The van der Waals surface area contributed by atoms with E-state index in [0.717, 1.165) is 45.8 Å². The van der Waals surface area contributed by atoms with Gasteiger partial charge in [0.05, 0.1) is 6.61 Å². The standard InChI is InChI=1S/C12H25NO3/c1-15-8-6-13-5-4-11(9-14)12-3-2-7-16-10-12/h11-14H,2-10H2,1H3. The Balaban J connectivity index is 2.10. The van der Waals surface area contributed by atoms with Crippen molar-refractivity contribution in [3.63, 3.8) is 0 Å². The average Bonchev–Trinajstić information content (AvgIpc) is 2.35. The number of hydrogen-bond acceptors (Lipinski definition) is 4. The second-order valence-corrected chi connectivity index (χ2v) is 4.45. The van der Waals surface area contributed by atoms with Crippen LogP contribution in [-0.2, 0) is 9.47 Å². The first-order chi connectivity index (χ1) is 7.88. The number of ether oxygens (including phenoxy) is 2. The number of aliphatic hydroxyl groups is 1. The summed E-state index contributed by atoms with van der Waals surface area (Å²) in [6, 6.07) is 0. The highest BCUT2D eigenvalue weighted by atomic mass is 16.5.